The van der Waals surface area contributed by atoms with Gasteiger partial charge in [0.2, 0.25) is 5.91 Å². The smallest absolute Gasteiger partial charge is 0.225 e. The lowest BCUT2D eigenvalue weighted by Gasteiger charge is -2.27. The van der Waals surface area contributed by atoms with Gasteiger partial charge in [-0.2, -0.15) is 11.8 Å². The number of amides is 1. The van der Waals surface area contributed by atoms with Crippen molar-refractivity contribution in [2.45, 2.75) is 20.8 Å². The van der Waals surface area contributed by atoms with Crippen molar-refractivity contribution >= 4 is 47.6 Å². The van der Waals surface area contributed by atoms with Gasteiger partial charge in [-0.25, -0.2) is 0 Å². The quantitative estimate of drug-likeness (QED) is 0.323. The molecule has 0 saturated carbocycles. The molecule has 19 heavy (non-hydrogen) atoms. The summed E-state index contributed by atoms with van der Waals surface area (Å²) in [5, 5.41) is 2.86. The SMILES string of the molecule is CC(C)(C)C(=O)NCCN=C(N)N1CCSCC1.I. The van der Waals surface area contributed by atoms with Crippen LogP contribution >= 0.6 is 35.7 Å². The molecule has 3 N–H and O–H groups in total. The Morgan fingerprint density at radius 2 is 1.95 bits per heavy atom. The summed E-state index contributed by atoms with van der Waals surface area (Å²) in [5.41, 5.74) is 5.56. The van der Waals surface area contributed by atoms with Gasteiger partial charge in [-0.1, -0.05) is 20.8 Å². The maximum atomic E-state index is 11.6. The van der Waals surface area contributed by atoms with Crippen LogP contribution in [0.4, 0.5) is 0 Å². The molecule has 112 valence electrons. The van der Waals surface area contributed by atoms with Crippen molar-refractivity contribution in [3.63, 3.8) is 0 Å². The van der Waals surface area contributed by atoms with Crippen molar-refractivity contribution in [2.24, 2.45) is 16.1 Å². The van der Waals surface area contributed by atoms with Gasteiger partial charge in [0.1, 0.15) is 0 Å². The number of thioether (sulfide) groups is 1. The molecule has 1 amide bonds. The zero-order valence-corrected chi connectivity index (χ0v) is 15.1. The van der Waals surface area contributed by atoms with Crippen molar-refractivity contribution < 1.29 is 4.79 Å². The molecule has 0 spiro atoms. The monoisotopic (exact) mass is 400 g/mol. The molecule has 0 unspecified atom stereocenters. The van der Waals surface area contributed by atoms with Crippen LogP contribution < -0.4 is 11.1 Å². The number of guanidine groups is 1. The Kier molecular flexibility index (Phi) is 8.80. The van der Waals surface area contributed by atoms with Crippen molar-refractivity contribution in [2.75, 3.05) is 37.7 Å². The van der Waals surface area contributed by atoms with Gasteiger partial charge in [0, 0.05) is 36.6 Å². The summed E-state index contributed by atoms with van der Waals surface area (Å²) < 4.78 is 0. The molecule has 0 aromatic heterocycles. The lowest BCUT2D eigenvalue weighted by molar-refractivity contribution is -0.128. The molecule has 0 aromatic rings. The van der Waals surface area contributed by atoms with Gasteiger partial charge in [0.15, 0.2) is 5.96 Å². The van der Waals surface area contributed by atoms with E-state index in [1.54, 1.807) is 0 Å². The average Bonchev–Trinajstić information content (AvgIpc) is 2.34. The average molecular weight is 400 g/mol. The van der Waals surface area contributed by atoms with E-state index in [1.807, 2.05) is 32.5 Å². The number of nitrogens with one attached hydrogen (secondary N) is 1. The number of carbonyl (C=O) groups is 1. The molecule has 1 aliphatic rings. The maximum Gasteiger partial charge on any atom is 0.225 e. The van der Waals surface area contributed by atoms with Crippen LogP contribution in [0.2, 0.25) is 0 Å². The first-order chi connectivity index (χ1) is 8.41. The van der Waals surface area contributed by atoms with Crippen molar-refractivity contribution in [3.8, 4) is 0 Å². The Hall–Kier alpha value is -0.180. The van der Waals surface area contributed by atoms with Crippen LogP contribution in [0.1, 0.15) is 20.8 Å². The predicted molar refractivity (Wildman–Crippen MR) is 93.3 cm³/mol. The number of carbonyl (C=O) groups excluding carboxylic acids is 1. The summed E-state index contributed by atoms with van der Waals surface area (Å²) >= 11 is 1.94. The zero-order chi connectivity index (χ0) is 13.6. The van der Waals surface area contributed by atoms with E-state index in [0.29, 0.717) is 19.0 Å². The Labute approximate surface area is 137 Å². The first-order valence-corrected chi connectivity index (χ1v) is 7.47. The third-order valence-corrected chi connectivity index (χ3v) is 3.63. The van der Waals surface area contributed by atoms with Gasteiger partial charge in [-0.05, 0) is 0 Å². The molecule has 1 aliphatic heterocycles. The van der Waals surface area contributed by atoms with Crippen molar-refractivity contribution in [3.05, 3.63) is 0 Å². The summed E-state index contributed by atoms with van der Waals surface area (Å²) in [5.74, 6) is 2.86. The highest BCUT2D eigenvalue weighted by Gasteiger charge is 2.20. The second kappa shape index (κ2) is 8.89. The minimum Gasteiger partial charge on any atom is -0.370 e. The van der Waals surface area contributed by atoms with E-state index in [4.69, 9.17) is 5.73 Å². The number of nitrogens with two attached hydrogens (primary N) is 1. The normalized spacial score (nSPS) is 16.8. The molecule has 0 atom stereocenters. The fourth-order valence-corrected chi connectivity index (χ4v) is 2.40. The second-order valence-corrected chi connectivity index (χ2v) is 6.57. The Balaban J connectivity index is 0.00000324. The van der Waals surface area contributed by atoms with E-state index in [9.17, 15) is 4.79 Å². The molecule has 1 heterocycles. The van der Waals surface area contributed by atoms with Gasteiger partial charge in [0.05, 0.1) is 6.54 Å². The lowest BCUT2D eigenvalue weighted by Crippen LogP contribution is -2.43. The van der Waals surface area contributed by atoms with Crippen LogP contribution in [0.15, 0.2) is 4.99 Å². The fraction of sp³-hybridized carbons (Fsp3) is 0.833. The van der Waals surface area contributed by atoms with Crippen LogP contribution in [0, 0.1) is 5.41 Å². The number of rotatable bonds is 3. The minimum atomic E-state index is -0.348. The van der Waals surface area contributed by atoms with Crippen LogP contribution in [0.3, 0.4) is 0 Å². The minimum absolute atomic E-state index is 0. The van der Waals surface area contributed by atoms with E-state index in [2.05, 4.69) is 15.2 Å². The topological polar surface area (TPSA) is 70.7 Å². The summed E-state index contributed by atoms with van der Waals surface area (Å²) in [6, 6.07) is 0. The summed E-state index contributed by atoms with van der Waals surface area (Å²) in [6.07, 6.45) is 0. The van der Waals surface area contributed by atoms with E-state index in [1.165, 1.54) is 0 Å². The molecule has 1 fully saturated rings. The van der Waals surface area contributed by atoms with Crippen LogP contribution in [-0.4, -0.2) is 54.5 Å². The lowest BCUT2D eigenvalue weighted by atomic mass is 9.96. The molecule has 0 aromatic carbocycles. The number of hydrogen-bond acceptors (Lipinski definition) is 3. The summed E-state index contributed by atoms with van der Waals surface area (Å²) in [7, 11) is 0. The van der Waals surface area contributed by atoms with Gasteiger partial charge < -0.3 is 16.0 Å². The Bertz CT molecular complexity index is 311. The second-order valence-electron chi connectivity index (χ2n) is 5.35. The molecule has 1 rings (SSSR count). The van der Waals surface area contributed by atoms with Gasteiger partial charge in [-0.3, -0.25) is 9.79 Å². The van der Waals surface area contributed by atoms with E-state index >= 15 is 0 Å². The fourth-order valence-electron chi connectivity index (χ4n) is 1.50. The van der Waals surface area contributed by atoms with Gasteiger partial charge in [-0.15, -0.1) is 24.0 Å². The number of halogens is 1. The van der Waals surface area contributed by atoms with Crippen LogP contribution in [0.25, 0.3) is 0 Å². The summed E-state index contributed by atoms with van der Waals surface area (Å²) in [4.78, 5) is 18.0. The number of hydrogen-bond donors (Lipinski definition) is 2. The first-order valence-electron chi connectivity index (χ1n) is 6.32. The van der Waals surface area contributed by atoms with Crippen LogP contribution in [0.5, 0.6) is 0 Å². The largest absolute Gasteiger partial charge is 0.370 e. The van der Waals surface area contributed by atoms with Crippen molar-refractivity contribution in [1.29, 1.82) is 0 Å². The maximum absolute atomic E-state index is 11.6. The van der Waals surface area contributed by atoms with E-state index in [-0.39, 0.29) is 35.3 Å². The first kappa shape index (κ1) is 18.8. The van der Waals surface area contributed by atoms with Crippen LogP contribution in [-0.2, 0) is 4.79 Å². The third-order valence-electron chi connectivity index (χ3n) is 2.69. The number of nitrogens with zero attached hydrogens (tertiary/aromatic N) is 2. The predicted octanol–water partition coefficient (Wildman–Crippen LogP) is 1.13. The van der Waals surface area contributed by atoms with Crippen molar-refractivity contribution in [1.82, 2.24) is 10.2 Å². The highest BCUT2D eigenvalue weighted by atomic mass is 127. The zero-order valence-electron chi connectivity index (χ0n) is 11.9. The number of aliphatic imine (C=N–C) groups is 1. The molecule has 7 heteroatoms. The van der Waals surface area contributed by atoms with E-state index in [0.717, 1.165) is 24.6 Å². The summed E-state index contributed by atoms with van der Waals surface area (Å²) in [6.45, 7) is 8.70. The highest BCUT2D eigenvalue weighted by Crippen LogP contribution is 2.12. The standard InChI is InChI=1S/C12H24N4OS.HI/c1-12(2,3)10(17)14-4-5-15-11(13)16-6-8-18-9-7-16;/h4-9H2,1-3H3,(H2,13,15)(H,14,17);1H. The molecule has 5 nitrogen and oxygen atoms in total. The third kappa shape index (κ3) is 7.24. The molecule has 0 aliphatic carbocycles. The van der Waals surface area contributed by atoms with Gasteiger partial charge >= 0.3 is 0 Å². The Morgan fingerprint density at radius 1 is 1.37 bits per heavy atom. The molecule has 0 bridgehead atoms. The molecular weight excluding hydrogens is 375 g/mol. The van der Waals surface area contributed by atoms with E-state index < -0.39 is 0 Å². The Morgan fingerprint density at radius 3 is 2.47 bits per heavy atom. The van der Waals surface area contributed by atoms with Gasteiger partial charge in [0.25, 0.3) is 0 Å². The molecular formula is C12H25IN4OS. The molecule has 1 saturated heterocycles. The molecule has 0 radical (unpaired) electrons. The highest BCUT2D eigenvalue weighted by molar-refractivity contribution is 14.0.